The van der Waals surface area contributed by atoms with Gasteiger partial charge in [-0.1, -0.05) is 6.92 Å². The highest BCUT2D eigenvalue weighted by atomic mass is 15.2. The molecule has 21 heavy (non-hydrogen) atoms. The molecule has 2 fully saturated rings. The maximum atomic E-state index is 6.10. The van der Waals surface area contributed by atoms with Gasteiger partial charge < -0.3 is 10.6 Å². The zero-order valence-corrected chi connectivity index (χ0v) is 14.6. The van der Waals surface area contributed by atoms with E-state index in [0.717, 1.165) is 12.1 Å². The van der Waals surface area contributed by atoms with Gasteiger partial charge in [0.25, 0.3) is 0 Å². The monoisotopic (exact) mass is 295 g/mol. The van der Waals surface area contributed by atoms with Crippen LogP contribution in [0.4, 0.5) is 0 Å². The first-order chi connectivity index (χ1) is 10.1. The highest BCUT2D eigenvalue weighted by Gasteiger charge is 2.30. The molecule has 0 aromatic rings. The minimum atomic E-state index is 0.468. The van der Waals surface area contributed by atoms with Crippen molar-refractivity contribution in [3.63, 3.8) is 0 Å². The molecule has 0 amide bonds. The normalized spacial score (nSPS) is 32.6. The molecule has 2 N–H and O–H groups in total. The van der Waals surface area contributed by atoms with E-state index in [2.05, 4.69) is 30.6 Å². The fourth-order valence-electron chi connectivity index (χ4n) is 4.30. The number of likely N-dealkylation sites (tertiary alicyclic amines) is 1. The highest BCUT2D eigenvalue weighted by Crippen LogP contribution is 2.28. The maximum Gasteiger partial charge on any atom is 0.0111 e. The van der Waals surface area contributed by atoms with Crippen molar-refractivity contribution in [2.75, 3.05) is 19.6 Å². The summed E-state index contributed by atoms with van der Waals surface area (Å²) < 4.78 is 0. The van der Waals surface area contributed by atoms with E-state index in [9.17, 15) is 0 Å². The Bertz CT molecular complexity index is 284. The third kappa shape index (κ3) is 4.94. The van der Waals surface area contributed by atoms with Crippen LogP contribution in [-0.4, -0.2) is 53.6 Å². The van der Waals surface area contributed by atoms with Gasteiger partial charge in [-0.15, -0.1) is 0 Å². The summed E-state index contributed by atoms with van der Waals surface area (Å²) in [6.07, 6.45) is 10.5. The Morgan fingerprint density at radius 2 is 1.67 bits per heavy atom. The molecule has 1 atom stereocenters. The van der Waals surface area contributed by atoms with E-state index in [-0.39, 0.29) is 0 Å². The van der Waals surface area contributed by atoms with Crippen LogP contribution in [0, 0.1) is 0 Å². The second-order valence-corrected chi connectivity index (χ2v) is 7.52. The molecule has 1 saturated heterocycles. The fraction of sp³-hybridized carbons (Fsp3) is 1.00. The molecular formula is C18H37N3. The van der Waals surface area contributed by atoms with Gasteiger partial charge in [0.1, 0.15) is 0 Å². The first-order valence-electron chi connectivity index (χ1n) is 9.37. The van der Waals surface area contributed by atoms with Gasteiger partial charge in [0, 0.05) is 24.2 Å². The van der Waals surface area contributed by atoms with E-state index in [1.165, 1.54) is 71.0 Å². The Morgan fingerprint density at radius 3 is 2.29 bits per heavy atom. The summed E-state index contributed by atoms with van der Waals surface area (Å²) in [6, 6.07) is 2.79. The van der Waals surface area contributed by atoms with Gasteiger partial charge in [-0.25, -0.2) is 0 Å². The Balaban J connectivity index is 1.94. The van der Waals surface area contributed by atoms with Crippen LogP contribution in [0.5, 0.6) is 0 Å². The quantitative estimate of drug-likeness (QED) is 0.845. The zero-order valence-electron chi connectivity index (χ0n) is 14.6. The average molecular weight is 296 g/mol. The molecule has 1 aliphatic heterocycles. The van der Waals surface area contributed by atoms with Crippen molar-refractivity contribution in [2.24, 2.45) is 5.73 Å². The molecule has 0 aromatic heterocycles. The summed E-state index contributed by atoms with van der Waals surface area (Å²) in [4.78, 5) is 5.54. The zero-order chi connectivity index (χ0) is 15.2. The average Bonchev–Trinajstić information content (AvgIpc) is 2.72. The van der Waals surface area contributed by atoms with Crippen LogP contribution < -0.4 is 5.73 Å². The molecule has 124 valence electrons. The molecule has 2 rings (SSSR count). The van der Waals surface area contributed by atoms with Crippen molar-refractivity contribution < 1.29 is 0 Å². The Kier molecular flexibility index (Phi) is 6.97. The van der Waals surface area contributed by atoms with Crippen LogP contribution in [0.1, 0.15) is 72.1 Å². The largest absolute Gasteiger partial charge is 0.328 e. The smallest absolute Gasteiger partial charge is 0.0111 e. The fourth-order valence-corrected chi connectivity index (χ4v) is 4.30. The van der Waals surface area contributed by atoms with E-state index in [0.29, 0.717) is 12.1 Å². The van der Waals surface area contributed by atoms with Gasteiger partial charge >= 0.3 is 0 Å². The predicted molar refractivity (Wildman–Crippen MR) is 91.6 cm³/mol. The van der Waals surface area contributed by atoms with Crippen molar-refractivity contribution in [1.29, 1.82) is 0 Å². The van der Waals surface area contributed by atoms with E-state index in [1.807, 2.05) is 0 Å². The molecule has 1 aliphatic carbocycles. The van der Waals surface area contributed by atoms with Gasteiger partial charge in [-0.3, -0.25) is 4.90 Å². The van der Waals surface area contributed by atoms with Gasteiger partial charge in [-0.05, 0) is 84.8 Å². The molecule has 0 bridgehead atoms. The highest BCUT2D eigenvalue weighted by molar-refractivity contribution is 4.87. The van der Waals surface area contributed by atoms with E-state index in [1.54, 1.807) is 0 Å². The van der Waals surface area contributed by atoms with Crippen molar-refractivity contribution >= 4 is 0 Å². The molecule has 1 saturated carbocycles. The minimum Gasteiger partial charge on any atom is -0.328 e. The molecule has 1 unspecified atom stereocenters. The van der Waals surface area contributed by atoms with Gasteiger partial charge in [-0.2, -0.15) is 0 Å². The molecule has 2 aliphatic rings. The third-order valence-corrected chi connectivity index (χ3v) is 5.62. The lowest BCUT2D eigenvalue weighted by Gasteiger charge is -2.41. The van der Waals surface area contributed by atoms with Gasteiger partial charge in [0.05, 0.1) is 0 Å². The lowest BCUT2D eigenvalue weighted by molar-refractivity contribution is 0.0891. The summed E-state index contributed by atoms with van der Waals surface area (Å²) in [7, 11) is 0. The third-order valence-electron chi connectivity index (χ3n) is 5.62. The molecular weight excluding hydrogens is 258 g/mol. The first-order valence-corrected chi connectivity index (χ1v) is 9.37. The summed E-state index contributed by atoms with van der Waals surface area (Å²) in [5.41, 5.74) is 6.10. The number of nitrogens with zero attached hydrogens (tertiary/aromatic N) is 2. The van der Waals surface area contributed by atoms with Gasteiger partial charge in [0.2, 0.25) is 0 Å². The van der Waals surface area contributed by atoms with Crippen LogP contribution in [0.25, 0.3) is 0 Å². The summed E-state index contributed by atoms with van der Waals surface area (Å²) in [5.74, 6) is 0. The summed E-state index contributed by atoms with van der Waals surface area (Å²) >= 11 is 0. The molecule has 3 heteroatoms. The Labute approximate surface area is 132 Å². The summed E-state index contributed by atoms with van der Waals surface area (Å²) in [6.45, 7) is 10.9. The Hall–Kier alpha value is -0.120. The molecule has 1 heterocycles. The second-order valence-electron chi connectivity index (χ2n) is 7.52. The van der Waals surface area contributed by atoms with E-state index >= 15 is 0 Å². The minimum absolute atomic E-state index is 0.468. The van der Waals surface area contributed by atoms with Crippen LogP contribution in [0.3, 0.4) is 0 Å². The van der Waals surface area contributed by atoms with Crippen molar-refractivity contribution in [3.05, 3.63) is 0 Å². The molecule has 3 nitrogen and oxygen atoms in total. The topological polar surface area (TPSA) is 32.5 Å². The number of hydrogen-bond donors (Lipinski definition) is 1. The van der Waals surface area contributed by atoms with Crippen molar-refractivity contribution in [3.8, 4) is 0 Å². The first kappa shape index (κ1) is 17.2. The summed E-state index contributed by atoms with van der Waals surface area (Å²) in [5, 5.41) is 0. The van der Waals surface area contributed by atoms with Crippen LogP contribution >= 0.6 is 0 Å². The maximum absolute atomic E-state index is 6.10. The van der Waals surface area contributed by atoms with Crippen LogP contribution in [-0.2, 0) is 0 Å². The van der Waals surface area contributed by atoms with Gasteiger partial charge in [0.15, 0.2) is 0 Å². The second kappa shape index (κ2) is 8.50. The number of rotatable bonds is 5. The predicted octanol–water partition coefficient (Wildman–Crippen LogP) is 3.23. The molecule has 0 spiro atoms. The molecule has 0 aromatic carbocycles. The van der Waals surface area contributed by atoms with Crippen LogP contribution in [0.15, 0.2) is 0 Å². The van der Waals surface area contributed by atoms with E-state index in [4.69, 9.17) is 5.73 Å². The lowest BCUT2D eigenvalue weighted by Crippen LogP contribution is -2.47. The Morgan fingerprint density at radius 1 is 1.00 bits per heavy atom. The van der Waals surface area contributed by atoms with Crippen molar-refractivity contribution in [2.45, 2.75) is 96.3 Å². The van der Waals surface area contributed by atoms with Crippen LogP contribution in [0.2, 0.25) is 0 Å². The standard InChI is InChI=1S/C18H37N3/c1-4-12-21(18-9-7-16(19)8-10-18)17-6-5-13-20(14-11-17)15(2)3/h15-18H,4-14,19H2,1-3H3. The number of hydrogen-bond acceptors (Lipinski definition) is 3. The van der Waals surface area contributed by atoms with Crippen molar-refractivity contribution in [1.82, 2.24) is 9.80 Å². The lowest BCUT2D eigenvalue weighted by atomic mass is 9.89. The molecule has 0 radical (unpaired) electrons. The van der Waals surface area contributed by atoms with E-state index < -0.39 is 0 Å². The number of nitrogens with two attached hydrogens (primary N) is 1. The SMILES string of the molecule is CCCN(C1CCC(N)CC1)C1CCCN(C(C)C)CC1.